The maximum absolute atomic E-state index is 13.1. The number of pyridine rings is 1. The number of benzene rings is 1. The van der Waals surface area contributed by atoms with Crippen molar-refractivity contribution in [1.29, 1.82) is 5.26 Å². The topological polar surface area (TPSA) is 70.4 Å². The molecule has 9 heteroatoms. The molecule has 6 nitrogen and oxygen atoms in total. The highest BCUT2D eigenvalue weighted by Gasteiger charge is 2.34. The normalized spacial score (nSPS) is 16.8. The maximum atomic E-state index is 13.1. The number of nitriles is 1. The van der Waals surface area contributed by atoms with E-state index in [0.29, 0.717) is 24.6 Å². The molecule has 0 bridgehead atoms. The lowest BCUT2D eigenvalue weighted by molar-refractivity contribution is -0.141. The second kappa shape index (κ2) is 8.47. The molecule has 0 spiro atoms. The van der Waals surface area contributed by atoms with Crippen LogP contribution in [0.5, 0.6) is 11.5 Å². The molecule has 1 fully saturated rings. The van der Waals surface area contributed by atoms with E-state index in [1.807, 2.05) is 18.2 Å². The van der Waals surface area contributed by atoms with Crippen LogP contribution in [0.1, 0.15) is 24.1 Å². The average molecular weight is 406 g/mol. The smallest absolute Gasteiger partial charge is 0.433 e. The Labute approximate surface area is 166 Å². The number of piperidine rings is 1. The number of hydrogen-bond acceptors (Lipinski definition) is 6. The van der Waals surface area contributed by atoms with E-state index < -0.39 is 11.9 Å². The predicted octanol–water partition coefficient (Wildman–Crippen LogP) is 4.07. The van der Waals surface area contributed by atoms with E-state index in [0.717, 1.165) is 24.6 Å². The third-order valence-corrected chi connectivity index (χ3v) is 4.73. The minimum atomic E-state index is -4.56. The van der Waals surface area contributed by atoms with Gasteiger partial charge in [0, 0.05) is 43.0 Å². The highest BCUT2D eigenvalue weighted by Crippen LogP contribution is 2.32. The van der Waals surface area contributed by atoms with Crippen LogP contribution in [0.2, 0.25) is 0 Å². The van der Waals surface area contributed by atoms with Crippen molar-refractivity contribution in [3.05, 3.63) is 41.6 Å². The van der Waals surface area contributed by atoms with Crippen LogP contribution in [0.25, 0.3) is 0 Å². The molecule has 1 unspecified atom stereocenters. The summed E-state index contributed by atoms with van der Waals surface area (Å²) < 4.78 is 49.8. The Hall–Kier alpha value is -3.15. The molecule has 1 N–H and O–H groups in total. The van der Waals surface area contributed by atoms with Crippen LogP contribution in [0.3, 0.4) is 0 Å². The van der Waals surface area contributed by atoms with Crippen LogP contribution in [0, 0.1) is 11.3 Å². The van der Waals surface area contributed by atoms with Crippen LogP contribution in [0.4, 0.5) is 24.7 Å². The first-order chi connectivity index (χ1) is 13.8. The molecule has 1 saturated heterocycles. The fourth-order valence-corrected chi connectivity index (χ4v) is 3.35. The molecule has 1 aromatic heterocycles. The molecule has 154 valence electrons. The minimum absolute atomic E-state index is 0.0385. The van der Waals surface area contributed by atoms with Crippen LogP contribution >= 0.6 is 0 Å². The molecule has 1 aliphatic rings. The lowest BCUT2D eigenvalue weighted by Gasteiger charge is -2.35. The van der Waals surface area contributed by atoms with Gasteiger partial charge in [-0.05, 0) is 25.0 Å². The number of nitrogens with zero attached hydrogens (tertiary/aromatic N) is 3. The van der Waals surface area contributed by atoms with Crippen molar-refractivity contribution in [2.75, 3.05) is 37.5 Å². The number of halogens is 3. The van der Waals surface area contributed by atoms with Crippen LogP contribution in [-0.2, 0) is 6.18 Å². The van der Waals surface area contributed by atoms with Gasteiger partial charge in [-0.2, -0.15) is 18.4 Å². The van der Waals surface area contributed by atoms with Crippen molar-refractivity contribution in [3.8, 4) is 17.6 Å². The third-order valence-electron chi connectivity index (χ3n) is 4.73. The molecule has 0 radical (unpaired) electrons. The molecule has 0 aliphatic carbocycles. The van der Waals surface area contributed by atoms with Gasteiger partial charge >= 0.3 is 6.18 Å². The van der Waals surface area contributed by atoms with E-state index in [4.69, 9.17) is 9.47 Å². The summed E-state index contributed by atoms with van der Waals surface area (Å²) in [6.45, 7) is 0.950. The number of hydrogen-bond donors (Lipinski definition) is 1. The van der Waals surface area contributed by atoms with Gasteiger partial charge in [-0.1, -0.05) is 0 Å². The lowest BCUT2D eigenvalue weighted by Crippen LogP contribution is -2.43. The first-order valence-corrected chi connectivity index (χ1v) is 9.07. The number of methoxy groups -OCH3 is 2. The average Bonchev–Trinajstić information content (AvgIpc) is 2.72. The number of rotatable bonds is 5. The fourth-order valence-electron chi connectivity index (χ4n) is 3.35. The molecule has 1 aromatic carbocycles. The minimum Gasteiger partial charge on any atom is -0.497 e. The summed E-state index contributed by atoms with van der Waals surface area (Å²) in [5, 5.41) is 12.7. The van der Waals surface area contributed by atoms with Gasteiger partial charge in [-0.3, -0.25) is 0 Å². The summed E-state index contributed by atoms with van der Waals surface area (Å²) in [5.41, 5.74) is -0.0913. The van der Waals surface area contributed by atoms with Crippen molar-refractivity contribution in [2.45, 2.75) is 25.1 Å². The van der Waals surface area contributed by atoms with Crippen molar-refractivity contribution in [2.24, 2.45) is 0 Å². The van der Waals surface area contributed by atoms with Crippen LogP contribution in [-0.4, -0.2) is 38.3 Å². The van der Waals surface area contributed by atoms with E-state index in [1.165, 1.54) is 6.07 Å². The Morgan fingerprint density at radius 1 is 1.17 bits per heavy atom. The van der Waals surface area contributed by atoms with Crippen LogP contribution < -0.4 is 19.7 Å². The maximum Gasteiger partial charge on any atom is 0.433 e. The highest BCUT2D eigenvalue weighted by molar-refractivity contribution is 5.57. The molecule has 0 amide bonds. The molecule has 3 rings (SSSR count). The standard InChI is InChI=1S/C20H21F3N4O2/c1-28-16-8-15(9-17(10-16)29-2)25-14-4-3-7-27(12-14)19-13(11-24)5-6-18(26-19)20(21,22)23/h5-6,8-10,14,25H,3-4,7,12H2,1-2H3. The van der Waals surface area contributed by atoms with Gasteiger partial charge in [-0.15, -0.1) is 0 Å². The summed E-state index contributed by atoms with van der Waals surface area (Å²) in [7, 11) is 3.12. The van der Waals surface area contributed by atoms with E-state index in [2.05, 4.69) is 10.3 Å². The van der Waals surface area contributed by atoms with E-state index >= 15 is 0 Å². The molecular formula is C20H21F3N4O2. The van der Waals surface area contributed by atoms with Crippen molar-refractivity contribution < 1.29 is 22.6 Å². The van der Waals surface area contributed by atoms with Gasteiger partial charge in [0.25, 0.3) is 0 Å². The fraction of sp³-hybridized carbons (Fsp3) is 0.400. The zero-order valence-corrected chi connectivity index (χ0v) is 16.1. The van der Waals surface area contributed by atoms with Crippen molar-refractivity contribution >= 4 is 11.5 Å². The molecule has 2 aromatic rings. The summed E-state index contributed by atoms with van der Waals surface area (Å²) in [5.74, 6) is 1.33. The number of ether oxygens (including phenoxy) is 2. The van der Waals surface area contributed by atoms with E-state index in [9.17, 15) is 18.4 Å². The SMILES string of the molecule is COc1cc(NC2CCCN(c3nc(C(F)(F)F)ccc3C#N)C2)cc(OC)c1. The van der Waals surface area contributed by atoms with Gasteiger partial charge in [0.2, 0.25) is 0 Å². The second-order valence-corrected chi connectivity index (χ2v) is 6.71. The van der Waals surface area contributed by atoms with Crippen molar-refractivity contribution in [3.63, 3.8) is 0 Å². The summed E-state index contributed by atoms with van der Waals surface area (Å²) in [4.78, 5) is 5.47. The molecular weight excluding hydrogens is 385 g/mol. The second-order valence-electron chi connectivity index (χ2n) is 6.71. The van der Waals surface area contributed by atoms with Crippen molar-refractivity contribution in [1.82, 2.24) is 4.98 Å². The van der Waals surface area contributed by atoms with Gasteiger partial charge in [-0.25, -0.2) is 4.98 Å². The monoisotopic (exact) mass is 406 g/mol. The van der Waals surface area contributed by atoms with E-state index in [-0.39, 0.29) is 17.4 Å². The number of aromatic nitrogens is 1. The van der Waals surface area contributed by atoms with Gasteiger partial charge in [0.1, 0.15) is 29.1 Å². The summed E-state index contributed by atoms with van der Waals surface area (Å²) in [6, 6.07) is 9.32. The Morgan fingerprint density at radius 2 is 1.86 bits per heavy atom. The molecule has 1 atom stereocenters. The molecule has 0 saturated carbocycles. The highest BCUT2D eigenvalue weighted by atomic mass is 19.4. The third kappa shape index (κ3) is 4.83. The number of anilines is 2. The van der Waals surface area contributed by atoms with Gasteiger partial charge in [0.15, 0.2) is 0 Å². The van der Waals surface area contributed by atoms with E-state index in [1.54, 1.807) is 25.2 Å². The van der Waals surface area contributed by atoms with Gasteiger partial charge < -0.3 is 19.7 Å². The summed E-state index contributed by atoms with van der Waals surface area (Å²) in [6.07, 6.45) is -2.98. The largest absolute Gasteiger partial charge is 0.497 e. The van der Waals surface area contributed by atoms with Gasteiger partial charge in [0.05, 0.1) is 19.8 Å². The molecule has 29 heavy (non-hydrogen) atoms. The Kier molecular flexibility index (Phi) is 6.01. The Bertz CT molecular complexity index is 889. The number of alkyl halides is 3. The Morgan fingerprint density at radius 3 is 2.45 bits per heavy atom. The zero-order chi connectivity index (χ0) is 21.0. The Balaban J connectivity index is 1.82. The lowest BCUT2D eigenvalue weighted by atomic mass is 10.0. The van der Waals surface area contributed by atoms with Crippen LogP contribution in [0.15, 0.2) is 30.3 Å². The quantitative estimate of drug-likeness (QED) is 0.807. The zero-order valence-electron chi connectivity index (χ0n) is 16.1. The summed E-state index contributed by atoms with van der Waals surface area (Å²) >= 11 is 0. The molecule has 2 heterocycles. The predicted molar refractivity (Wildman–Crippen MR) is 102 cm³/mol. The molecule has 1 aliphatic heterocycles. The number of nitrogens with one attached hydrogen (secondary N) is 1. The first kappa shape index (κ1) is 20.6. The first-order valence-electron chi connectivity index (χ1n) is 9.07.